The predicted molar refractivity (Wildman–Crippen MR) is 67.4 cm³/mol. The van der Waals surface area contributed by atoms with Crippen molar-refractivity contribution in [2.45, 2.75) is 31.6 Å². The van der Waals surface area contributed by atoms with Gasteiger partial charge in [0.05, 0.1) is 11.5 Å². The second-order valence-corrected chi connectivity index (χ2v) is 4.53. The summed E-state index contributed by atoms with van der Waals surface area (Å²) in [6.07, 6.45) is 3.77. The summed E-state index contributed by atoms with van der Waals surface area (Å²) in [5.41, 5.74) is 0.552. The van der Waals surface area contributed by atoms with Gasteiger partial charge in [-0.2, -0.15) is 5.26 Å². The van der Waals surface area contributed by atoms with Gasteiger partial charge in [0.15, 0.2) is 0 Å². The first-order chi connectivity index (χ1) is 8.66. The monoisotopic (exact) mass is 241 g/mol. The van der Waals surface area contributed by atoms with Gasteiger partial charge in [0.25, 0.3) is 0 Å². The minimum absolute atomic E-state index is 0.301. The Morgan fingerprint density at radius 3 is 2.61 bits per heavy atom. The number of benzene rings is 1. The molecule has 1 atom stereocenters. The molecule has 1 aromatic carbocycles. The van der Waals surface area contributed by atoms with Gasteiger partial charge in [-0.1, -0.05) is 30.3 Å². The van der Waals surface area contributed by atoms with Crippen LogP contribution in [-0.4, -0.2) is 5.97 Å². The van der Waals surface area contributed by atoms with Crippen molar-refractivity contribution in [3.63, 3.8) is 0 Å². The van der Waals surface area contributed by atoms with Crippen LogP contribution < -0.4 is 0 Å². The number of ether oxygens (including phenoxy) is 1. The van der Waals surface area contributed by atoms with Crippen molar-refractivity contribution in [3.05, 3.63) is 47.7 Å². The van der Waals surface area contributed by atoms with Crippen LogP contribution in [0, 0.1) is 11.3 Å². The Kier molecular flexibility index (Phi) is 3.47. The van der Waals surface area contributed by atoms with Crippen LogP contribution in [0.3, 0.4) is 0 Å². The van der Waals surface area contributed by atoms with Crippen molar-refractivity contribution < 1.29 is 9.53 Å². The average Bonchev–Trinajstić information content (AvgIpc) is 2.40. The fraction of sp³-hybridized carbons (Fsp3) is 0.333. The van der Waals surface area contributed by atoms with Gasteiger partial charge < -0.3 is 4.74 Å². The zero-order valence-corrected chi connectivity index (χ0v) is 10.3. The van der Waals surface area contributed by atoms with Crippen LogP contribution in [0.5, 0.6) is 0 Å². The molecule has 0 saturated heterocycles. The Morgan fingerprint density at radius 2 is 2.11 bits per heavy atom. The lowest BCUT2D eigenvalue weighted by atomic mass is 9.72. The van der Waals surface area contributed by atoms with E-state index < -0.39 is 5.41 Å². The number of carbonyl (C=O) groups excluding carboxylic acids is 1. The Balaban J connectivity index is 2.22. The molecule has 2 rings (SSSR count). The van der Waals surface area contributed by atoms with Gasteiger partial charge in [0.1, 0.15) is 5.76 Å². The third-order valence-electron chi connectivity index (χ3n) is 3.29. The number of allylic oxidation sites excluding steroid dienone is 2. The third kappa shape index (κ3) is 2.43. The molecule has 3 nitrogen and oxygen atoms in total. The molecule has 0 amide bonds. The fourth-order valence-corrected chi connectivity index (χ4v) is 2.29. The first-order valence-corrected chi connectivity index (χ1v) is 6.00. The maximum atomic E-state index is 10.9. The van der Waals surface area contributed by atoms with E-state index in [1.807, 2.05) is 36.4 Å². The van der Waals surface area contributed by atoms with E-state index in [-0.39, 0.29) is 5.97 Å². The highest BCUT2D eigenvalue weighted by Gasteiger charge is 2.34. The van der Waals surface area contributed by atoms with Gasteiger partial charge in [0, 0.05) is 13.3 Å². The molecule has 1 aromatic rings. The quantitative estimate of drug-likeness (QED) is 0.747. The molecule has 0 N–H and O–H groups in total. The van der Waals surface area contributed by atoms with E-state index in [9.17, 15) is 10.1 Å². The first-order valence-electron chi connectivity index (χ1n) is 6.00. The van der Waals surface area contributed by atoms with E-state index in [0.29, 0.717) is 25.0 Å². The van der Waals surface area contributed by atoms with Crippen molar-refractivity contribution in [1.29, 1.82) is 5.26 Å². The lowest BCUT2D eigenvalue weighted by Gasteiger charge is -2.29. The highest BCUT2D eigenvalue weighted by molar-refractivity contribution is 5.67. The summed E-state index contributed by atoms with van der Waals surface area (Å²) in [5.74, 6) is 0.384. The lowest BCUT2D eigenvalue weighted by Crippen LogP contribution is -2.26. The number of nitriles is 1. The average molecular weight is 241 g/mol. The highest BCUT2D eigenvalue weighted by Crippen LogP contribution is 2.38. The molecule has 3 heteroatoms. The summed E-state index contributed by atoms with van der Waals surface area (Å²) in [4.78, 5) is 10.9. The van der Waals surface area contributed by atoms with E-state index in [4.69, 9.17) is 4.74 Å². The number of hydrogen-bond donors (Lipinski definition) is 0. The maximum Gasteiger partial charge on any atom is 0.307 e. The maximum absolute atomic E-state index is 10.9. The largest absolute Gasteiger partial charge is 0.432 e. The van der Waals surface area contributed by atoms with E-state index in [1.54, 1.807) is 0 Å². The summed E-state index contributed by atoms with van der Waals surface area (Å²) in [6, 6.07) is 12.2. The Hall–Kier alpha value is -2.08. The molecule has 0 spiro atoms. The van der Waals surface area contributed by atoms with E-state index in [1.165, 1.54) is 6.92 Å². The molecule has 0 radical (unpaired) electrons. The standard InChI is InChI=1S/C15H15NO2/c1-12(17)18-14-7-9-15(11-16,10-8-14)13-5-3-2-4-6-13/h2-7H,8-10H2,1H3/t15-/m1/s1. The molecule has 18 heavy (non-hydrogen) atoms. The number of hydrogen-bond acceptors (Lipinski definition) is 3. The smallest absolute Gasteiger partial charge is 0.307 e. The minimum atomic E-state index is -0.481. The van der Waals surface area contributed by atoms with Gasteiger partial charge in [-0.15, -0.1) is 0 Å². The van der Waals surface area contributed by atoms with Crippen LogP contribution in [0.4, 0.5) is 0 Å². The molecule has 0 bridgehead atoms. The molecule has 0 unspecified atom stereocenters. The molecule has 92 valence electrons. The fourth-order valence-electron chi connectivity index (χ4n) is 2.29. The zero-order valence-electron chi connectivity index (χ0n) is 10.3. The Labute approximate surface area is 107 Å². The molecule has 0 aliphatic heterocycles. The molecule has 0 heterocycles. The van der Waals surface area contributed by atoms with Crippen molar-refractivity contribution >= 4 is 5.97 Å². The van der Waals surface area contributed by atoms with Crippen LogP contribution >= 0.6 is 0 Å². The summed E-state index contributed by atoms with van der Waals surface area (Å²) >= 11 is 0. The first kappa shape index (κ1) is 12.4. The van der Waals surface area contributed by atoms with Crippen molar-refractivity contribution in [3.8, 4) is 6.07 Å². The summed E-state index contributed by atoms with van der Waals surface area (Å²) in [5, 5.41) is 9.48. The third-order valence-corrected chi connectivity index (χ3v) is 3.29. The van der Waals surface area contributed by atoms with Gasteiger partial charge in [-0.3, -0.25) is 4.79 Å². The van der Waals surface area contributed by atoms with Crippen LogP contribution in [0.15, 0.2) is 42.2 Å². The molecule has 0 saturated carbocycles. The van der Waals surface area contributed by atoms with Crippen LogP contribution in [-0.2, 0) is 14.9 Å². The van der Waals surface area contributed by atoms with Gasteiger partial charge in [-0.25, -0.2) is 0 Å². The number of esters is 1. The van der Waals surface area contributed by atoms with Crippen LogP contribution in [0.2, 0.25) is 0 Å². The van der Waals surface area contributed by atoms with Crippen LogP contribution in [0.25, 0.3) is 0 Å². The van der Waals surface area contributed by atoms with Crippen molar-refractivity contribution in [2.24, 2.45) is 0 Å². The molecule has 0 aromatic heterocycles. The Bertz CT molecular complexity index is 513. The van der Waals surface area contributed by atoms with E-state index in [2.05, 4.69) is 6.07 Å². The van der Waals surface area contributed by atoms with Crippen molar-refractivity contribution in [1.82, 2.24) is 0 Å². The number of nitrogens with zero attached hydrogens (tertiary/aromatic N) is 1. The summed E-state index contributed by atoms with van der Waals surface area (Å²) in [6.45, 7) is 1.39. The topological polar surface area (TPSA) is 50.1 Å². The lowest BCUT2D eigenvalue weighted by molar-refractivity contribution is -0.137. The number of rotatable bonds is 2. The normalized spacial score (nSPS) is 22.8. The highest BCUT2D eigenvalue weighted by atomic mass is 16.5. The van der Waals surface area contributed by atoms with Gasteiger partial charge in [0.2, 0.25) is 0 Å². The predicted octanol–water partition coefficient (Wildman–Crippen LogP) is 3.08. The minimum Gasteiger partial charge on any atom is -0.432 e. The number of carbonyl (C=O) groups is 1. The zero-order chi connectivity index (χ0) is 13.0. The van der Waals surface area contributed by atoms with E-state index in [0.717, 1.165) is 5.56 Å². The molecular weight excluding hydrogens is 226 g/mol. The second-order valence-electron chi connectivity index (χ2n) is 4.53. The molecular formula is C15H15NO2. The SMILES string of the molecule is CC(=O)OC1=CC[C@@](C#N)(c2ccccc2)CC1. The summed E-state index contributed by atoms with van der Waals surface area (Å²) in [7, 11) is 0. The second kappa shape index (κ2) is 5.05. The molecule has 1 aliphatic rings. The summed E-state index contributed by atoms with van der Waals surface area (Å²) < 4.78 is 5.08. The van der Waals surface area contributed by atoms with Crippen molar-refractivity contribution in [2.75, 3.05) is 0 Å². The van der Waals surface area contributed by atoms with Gasteiger partial charge >= 0.3 is 5.97 Å². The molecule has 0 fully saturated rings. The molecule has 1 aliphatic carbocycles. The Morgan fingerprint density at radius 1 is 1.39 bits per heavy atom. The van der Waals surface area contributed by atoms with Crippen LogP contribution in [0.1, 0.15) is 31.7 Å². The van der Waals surface area contributed by atoms with E-state index >= 15 is 0 Å². The van der Waals surface area contributed by atoms with Gasteiger partial charge in [-0.05, 0) is 24.5 Å².